The molecule has 1 aliphatic rings. The van der Waals surface area contributed by atoms with Crippen LogP contribution in [0.1, 0.15) is 36.3 Å². The molecule has 1 saturated heterocycles. The maximum absolute atomic E-state index is 13.1. The fourth-order valence-corrected chi connectivity index (χ4v) is 4.27. The highest BCUT2D eigenvalue weighted by molar-refractivity contribution is 5.71. The van der Waals surface area contributed by atoms with Crippen LogP contribution in [0.2, 0.25) is 0 Å². The van der Waals surface area contributed by atoms with Gasteiger partial charge < -0.3 is 9.30 Å². The van der Waals surface area contributed by atoms with Crippen molar-refractivity contribution in [2.75, 3.05) is 13.1 Å². The van der Waals surface area contributed by atoms with Gasteiger partial charge in [-0.15, -0.1) is 0 Å². The number of alkyl halides is 3. The summed E-state index contributed by atoms with van der Waals surface area (Å²) in [6.45, 7) is 7.81. The first kappa shape index (κ1) is 21.3. The molecule has 0 N–H and O–H groups in total. The van der Waals surface area contributed by atoms with Crippen molar-refractivity contribution in [3.05, 3.63) is 60.5 Å². The second-order valence-corrected chi connectivity index (χ2v) is 7.93. The maximum Gasteiger partial charge on any atom is 0.418 e. The SMILES string of the molecule is C=COc1cc(C(F)(F)F)cnc1C1CCN(Cc2nc3ncccc3n2C)CC1C. The van der Waals surface area contributed by atoms with Gasteiger partial charge in [0.2, 0.25) is 0 Å². The first-order valence-electron chi connectivity index (χ1n) is 10.1. The lowest BCUT2D eigenvalue weighted by molar-refractivity contribution is -0.137. The molecular weight excluding hydrogens is 407 g/mol. The van der Waals surface area contributed by atoms with Gasteiger partial charge in [0.1, 0.15) is 11.6 Å². The van der Waals surface area contributed by atoms with Crippen LogP contribution in [-0.4, -0.2) is 37.5 Å². The summed E-state index contributed by atoms with van der Waals surface area (Å²) in [7, 11) is 1.98. The van der Waals surface area contributed by atoms with Gasteiger partial charge in [0.25, 0.3) is 0 Å². The van der Waals surface area contributed by atoms with Crippen molar-refractivity contribution in [2.24, 2.45) is 13.0 Å². The van der Waals surface area contributed by atoms with Gasteiger partial charge in [-0.3, -0.25) is 9.88 Å². The number of hydrogen-bond donors (Lipinski definition) is 0. The zero-order chi connectivity index (χ0) is 22.2. The minimum atomic E-state index is -4.47. The molecule has 4 heterocycles. The predicted octanol–water partition coefficient (Wildman–Crippen LogP) is 4.53. The molecule has 1 fully saturated rings. The van der Waals surface area contributed by atoms with E-state index >= 15 is 0 Å². The minimum Gasteiger partial charge on any atom is -0.464 e. The number of rotatable bonds is 5. The van der Waals surface area contributed by atoms with Crippen molar-refractivity contribution in [1.29, 1.82) is 0 Å². The Labute approximate surface area is 178 Å². The van der Waals surface area contributed by atoms with E-state index in [1.165, 1.54) is 0 Å². The molecule has 0 saturated carbocycles. The molecule has 6 nitrogen and oxygen atoms in total. The first-order valence-corrected chi connectivity index (χ1v) is 10.1. The van der Waals surface area contributed by atoms with Crippen molar-refractivity contribution < 1.29 is 17.9 Å². The Bertz CT molecular complexity index is 1090. The van der Waals surface area contributed by atoms with Crippen molar-refractivity contribution in [3.8, 4) is 5.75 Å². The maximum atomic E-state index is 13.1. The van der Waals surface area contributed by atoms with Crippen molar-refractivity contribution in [1.82, 2.24) is 24.4 Å². The predicted molar refractivity (Wildman–Crippen MR) is 110 cm³/mol. The fourth-order valence-electron chi connectivity index (χ4n) is 4.27. The molecule has 0 radical (unpaired) electrons. The third-order valence-electron chi connectivity index (χ3n) is 5.87. The summed E-state index contributed by atoms with van der Waals surface area (Å²) in [4.78, 5) is 15.4. The summed E-state index contributed by atoms with van der Waals surface area (Å²) in [5.74, 6) is 1.23. The number of piperidine rings is 1. The highest BCUT2D eigenvalue weighted by Crippen LogP contribution is 2.39. The standard InChI is InChI=1S/C22H24F3N5O/c1-4-31-18-10-15(22(23,24)25)11-27-20(18)16-7-9-30(12-14(16)2)13-19-28-21-17(29(19)3)6-5-8-26-21/h4-6,8,10-11,14,16H,1,7,9,12-13H2,2-3H3. The number of fused-ring (bicyclic) bond motifs is 1. The van der Waals surface area contributed by atoms with Crippen LogP contribution in [0.5, 0.6) is 5.75 Å². The number of aryl methyl sites for hydroxylation is 1. The summed E-state index contributed by atoms with van der Waals surface area (Å²) in [5, 5.41) is 0. The van der Waals surface area contributed by atoms with Gasteiger partial charge in [-0.1, -0.05) is 13.5 Å². The molecule has 0 aliphatic carbocycles. The zero-order valence-corrected chi connectivity index (χ0v) is 17.4. The Kier molecular flexibility index (Phi) is 5.70. The molecule has 164 valence electrons. The minimum absolute atomic E-state index is 0.00408. The molecule has 4 rings (SSSR count). The number of pyridine rings is 2. The average molecular weight is 431 g/mol. The Morgan fingerprint density at radius 3 is 2.81 bits per heavy atom. The topological polar surface area (TPSA) is 56.1 Å². The van der Waals surface area contributed by atoms with Gasteiger partial charge in [-0.05, 0) is 37.1 Å². The molecule has 0 bridgehead atoms. The number of imidazole rings is 1. The van der Waals surface area contributed by atoms with E-state index in [4.69, 9.17) is 4.74 Å². The molecule has 0 aromatic carbocycles. The van der Waals surface area contributed by atoms with Gasteiger partial charge in [0.15, 0.2) is 5.65 Å². The molecule has 2 atom stereocenters. The van der Waals surface area contributed by atoms with Gasteiger partial charge in [0, 0.05) is 31.9 Å². The lowest BCUT2D eigenvalue weighted by Crippen LogP contribution is -2.38. The van der Waals surface area contributed by atoms with E-state index < -0.39 is 11.7 Å². The fraction of sp³-hybridized carbons (Fsp3) is 0.409. The van der Waals surface area contributed by atoms with Crippen LogP contribution >= 0.6 is 0 Å². The average Bonchev–Trinajstić information content (AvgIpc) is 3.04. The van der Waals surface area contributed by atoms with E-state index in [9.17, 15) is 13.2 Å². The van der Waals surface area contributed by atoms with Crippen LogP contribution in [0.15, 0.2) is 43.4 Å². The van der Waals surface area contributed by atoms with Gasteiger partial charge >= 0.3 is 6.18 Å². The second kappa shape index (κ2) is 8.30. The lowest BCUT2D eigenvalue weighted by Gasteiger charge is -2.36. The highest BCUT2D eigenvalue weighted by atomic mass is 19.4. The second-order valence-electron chi connectivity index (χ2n) is 7.93. The summed E-state index contributed by atoms with van der Waals surface area (Å²) in [6, 6.07) is 4.89. The summed E-state index contributed by atoms with van der Waals surface area (Å²) >= 11 is 0. The van der Waals surface area contributed by atoms with Crippen LogP contribution in [0.3, 0.4) is 0 Å². The van der Waals surface area contributed by atoms with Crippen LogP contribution in [0, 0.1) is 5.92 Å². The van der Waals surface area contributed by atoms with E-state index in [2.05, 4.69) is 33.4 Å². The Hall–Kier alpha value is -2.94. The Morgan fingerprint density at radius 2 is 2.13 bits per heavy atom. The molecule has 0 amide bonds. The zero-order valence-electron chi connectivity index (χ0n) is 17.4. The highest BCUT2D eigenvalue weighted by Gasteiger charge is 2.35. The van der Waals surface area contributed by atoms with Crippen molar-refractivity contribution in [2.45, 2.75) is 32.0 Å². The van der Waals surface area contributed by atoms with E-state index in [1.54, 1.807) is 6.20 Å². The Morgan fingerprint density at radius 1 is 1.32 bits per heavy atom. The van der Waals surface area contributed by atoms with Crippen LogP contribution < -0.4 is 4.74 Å². The lowest BCUT2D eigenvalue weighted by atomic mass is 9.83. The largest absolute Gasteiger partial charge is 0.464 e. The molecule has 0 spiro atoms. The van der Waals surface area contributed by atoms with E-state index in [0.29, 0.717) is 12.2 Å². The molecule has 2 unspecified atom stereocenters. The Balaban J connectivity index is 1.51. The van der Waals surface area contributed by atoms with Crippen LogP contribution in [0.25, 0.3) is 11.2 Å². The summed E-state index contributed by atoms with van der Waals surface area (Å²) in [6.07, 6.45) is 0.0409. The summed E-state index contributed by atoms with van der Waals surface area (Å²) < 4.78 is 46.6. The molecule has 3 aromatic rings. The number of halogens is 3. The van der Waals surface area contributed by atoms with Gasteiger partial charge in [-0.25, -0.2) is 9.97 Å². The van der Waals surface area contributed by atoms with E-state index in [1.807, 2.05) is 23.7 Å². The summed E-state index contributed by atoms with van der Waals surface area (Å²) in [5.41, 5.74) is 1.43. The van der Waals surface area contributed by atoms with Crippen LogP contribution in [0.4, 0.5) is 13.2 Å². The number of nitrogens with zero attached hydrogens (tertiary/aromatic N) is 5. The van der Waals surface area contributed by atoms with Crippen molar-refractivity contribution in [3.63, 3.8) is 0 Å². The molecule has 31 heavy (non-hydrogen) atoms. The van der Waals surface area contributed by atoms with Crippen molar-refractivity contribution >= 4 is 11.2 Å². The van der Waals surface area contributed by atoms with Gasteiger partial charge in [0.05, 0.1) is 29.6 Å². The van der Waals surface area contributed by atoms with E-state index in [0.717, 1.165) is 55.0 Å². The monoisotopic (exact) mass is 431 g/mol. The molecule has 9 heteroatoms. The molecule has 3 aromatic heterocycles. The number of likely N-dealkylation sites (tertiary alicyclic amines) is 1. The number of hydrogen-bond acceptors (Lipinski definition) is 5. The van der Waals surface area contributed by atoms with Gasteiger partial charge in [-0.2, -0.15) is 13.2 Å². The molecular formula is C22H24F3N5O. The number of ether oxygens (including phenoxy) is 1. The quantitative estimate of drug-likeness (QED) is 0.556. The van der Waals surface area contributed by atoms with Crippen LogP contribution in [-0.2, 0) is 19.8 Å². The normalized spacial score (nSPS) is 20.2. The third-order valence-corrected chi connectivity index (χ3v) is 5.87. The molecule has 1 aliphatic heterocycles. The third kappa shape index (κ3) is 4.27. The number of aromatic nitrogens is 4. The smallest absolute Gasteiger partial charge is 0.418 e. The first-order chi connectivity index (χ1) is 14.8. The van der Waals surface area contributed by atoms with E-state index in [-0.39, 0.29) is 17.6 Å².